The quantitative estimate of drug-likeness (QED) is 0.740. The Kier molecular flexibility index (Phi) is 3.62. The Bertz CT molecular complexity index is 216. The van der Waals surface area contributed by atoms with Gasteiger partial charge in [0.05, 0.1) is 12.8 Å². The molecule has 1 heterocycles. The lowest BCUT2D eigenvalue weighted by Gasteiger charge is -1.98. The molecule has 1 rings (SSSR count). The van der Waals surface area contributed by atoms with Crippen LogP contribution in [-0.2, 0) is 4.74 Å². The lowest BCUT2D eigenvalue weighted by molar-refractivity contribution is 0.211. The zero-order valence-corrected chi connectivity index (χ0v) is 7.71. The highest BCUT2D eigenvalue weighted by atomic mass is 35.5. The number of aromatic nitrogens is 1. The first-order valence-electron chi connectivity index (χ1n) is 3.17. The van der Waals surface area contributed by atoms with Crippen molar-refractivity contribution in [3.05, 3.63) is 10.5 Å². The first kappa shape index (κ1) is 8.77. The third kappa shape index (κ3) is 3.05. The molecule has 0 saturated heterocycles. The summed E-state index contributed by atoms with van der Waals surface area (Å²) in [5.41, 5.74) is 0. The number of nitrogens with zero attached hydrogens (tertiary/aromatic N) is 1. The van der Waals surface area contributed by atoms with Gasteiger partial charge in [-0.3, -0.25) is 0 Å². The minimum atomic E-state index is 0.678. The number of ether oxygens (including phenoxy) is 1. The standard InChI is InChI=1S/C6H9ClN2OS/c1-10-3-2-8-6-9-4-5(7)11-6/h4H,2-3H2,1H3,(H,8,9). The fourth-order valence-electron chi connectivity index (χ4n) is 0.596. The van der Waals surface area contributed by atoms with E-state index in [1.165, 1.54) is 11.3 Å². The third-order valence-corrected chi connectivity index (χ3v) is 2.13. The summed E-state index contributed by atoms with van der Waals surface area (Å²) >= 11 is 7.08. The van der Waals surface area contributed by atoms with Crippen LogP contribution in [0.2, 0.25) is 4.34 Å². The molecule has 0 aromatic carbocycles. The molecule has 0 fully saturated rings. The Hall–Kier alpha value is -0.320. The summed E-state index contributed by atoms with van der Waals surface area (Å²) in [6.07, 6.45) is 1.63. The van der Waals surface area contributed by atoms with E-state index in [2.05, 4.69) is 10.3 Å². The second-order valence-corrected chi connectivity index (χ2v) is 3.55. The van der Waals surface area contributed by atoms with Crippen molar-refractivity contribution in [2.45, 2.75) is 0 Å². The average Bonchev–Trinajstić information content (AvgIpc) is 2.37. The molecule has 0 aliphatic carbocycles. The van der Waals surface area contributed by atoms with E-state index in [0.29, 0.717) is 10.9 Å². The SMILES string of the molecule is COCCNc1ncc(Cl)s1. The van der Waals surface area contributed by atoms with Crippen molar-refractivity contribution in [3.63, 3.8) is 0 Å². The number of methoxy groups -OCH3 is 1. The van der Waals surface area contributed by atoms with Crippen molar-refractivity contribution in [3.8, 4) is 0 Å². The molecule has 62 valence electrons. The van der Waals surface area contributed by atoms with E-state index in [1.807, 2.05) is 0 Å². The third-order valence-electron chi connectivity index (χ3n) is 1.06. The maximum absolute atomic E-state index is 5.66. The molecule has 3 nitrogen and oxygen atoms in total. The summed E-state index contributed by atoms with van der Waals surface area (Å²) in [6.45, 7) is 1.44. The molecule has 0 atom stereocenters. The van der Waals surface area contributed by atoms with Crippen LogP contribution in [0.1, 0.15) is 0 Å². The number of nitrogens with one attached hydrogen (secondary N) is 1. The van der Waals surface area contributed by atoms with Crippen molar-refractivity contribution >= 4 is 28.1 Å². The molecule has 0 unspecified atom stereocenters. The van der Waals surface area contributed by atoms with E-state index in [4.69, 9.17) is 16.3 Å². The maximum Gasteiger partial charge on any atom is 0.184 e. The summed E-state index contributed by atoms with van der Waals surface area (Å²) in [4.78, 5) is 4.01. The lowest BCUT2D eigenvalue weighted by Crippen LogP contribution is -2.06. The molecule has 0 bridgehead atoms. The zero-order chi connectivity index (χ0) is 8.10. The maximum atomic E-state index is 5.66. The highest BCUT2D eigenvalue weighted by Crippen LogP contribution is 2.21. The van der Waals surface area contributed by atoms with Crippen LogP contribution in [0.4, 0.5) is 5.13 Å². The number of rotatable bonds is 4. The molecule has 0 aliphatic heterocycles. The van der Waals surface area contributed by atoms with E-state index in [1.54, 1.807) is 13.3 Å². The first-order chi connectivity index (χ1) is 5.33. The lowest BCUT2D eigenvalue weighted by atomic mass is 10.7. The van der Waals surface area contributed by atoms with E-state index in [9.17, 15) is 0 Å². The minimum Gasteiger partial charge on any atom is -0.383 e. The second-order valence-electron chi connectivity index (χ2n) is 1.89. The van der Waals surface area contributed by atoms with Gasteiger partial charge in [-0.1, -0.05) is 22.9 Å². The van der Waals surface area contributed by atoms with Crippen LogP contribution in [0, 0.1) is 0 Å². The highest BCUT2D eigenvalue weighted by molar-refractivity contribution is 7.19. The van der Waals surface area contributed by atoms with Crippen LogP contribution >= 0.6 is 22.9 Å². The predicted octanol–water partition coefficient (Wildman–Crippen LogP) is 1.85. The summed E-state index contributed by atoms with van der Waals surface area (Å²) < 4.78 is 5.55. The largest absolute Gasteiger partial charge is 0.383 e. The van der Waals surface area contributed by atoms with Gasteiger partial charge in [0.15, 0.2) is 5.13 Å². The Morgan fingerprint density at radius 1 is 1.82 bits per heavy atom. The molecule has 0 radical (unpaired) electrons. The van der Waals surface area contributed by atoms with Crippen LogP contribution in [0.5, 0.6) is 0 Å². The monoisotopic (exact) mass is 192 g/mol. The highest BCUT2D eigenvalue weighted by Gasteiger charge is 1.96. The van der Waals surface area contributed by atoms with E-state index < -0.39 is 0 Å². The summed E-state index contributed by atoms with van der Waals surface area (Å²) in [6, 6.07) is 0. The average molecular weight is 193 g/mol. The van der Waals surface area contributed by atoms with Crippen LogP contribution in [-0.4, -0.2) is 25.2 Å². The van der Waals surface area contributed by atoms with Gasteiger partial charge in [0.1, 0.15) is 4.34 Å². The number of anilines is 1. The molecule has 1 aromatic rings. The van der Waals surface area contributed by atoms with E-state index in [-0.39, 0.29) is 0 Å². The van der Waals surface area contributed by atoms with Crippen molar-refractivity contribution < 1.29 is 4.74 Å². The Balaban J connectivity index is 2.27. The zero-order valence-electron chi connectivity index (χ0n) is 6.13. The van der Waals surface area contributed by atoms with Gasteiger partial charge < -0.3 is 10.1 Å². The van der Waals surface area contributed by atoms with Crippen molar-refractivity contribution in [1.29, 1.82) is 0 Å². The van der Waals surface area contributed by atoms with Crippen molar-refractivity contribution in [2.24, 2.45) is 0 Å². The predicted molar refractivity (Wildman–Crippen MR) is 47.5 cm³/mol. The summed E-state index contributed by atoms with van der Waals surface area (Å²) in [7, 11) is 1.66. The van der Waals surface area contributed by atoms with E-state index >= 15 is 0 Å². The van der Waals surface area contributed by atoms with Gasteiger partial charge in [-0.15, -0.1) is 0 Å². The number of halogens is 1. The molecular formula is C6H9ClN2OS. The molecule has 11 heavy (non-hydrogen) atoms. The van der Waals surface area contributed by atoms with Crippen LogP contribution in [0.15, 0.2) is 6.20 Å². The van der Waals surface area contributed by atoms with Gasteiger partial charge in [-0.05, 0) is 0 Å². The molecule has 0 amide bonds. The molecular weight excluding hydrogens is 184 g/mol. The van der Waals surface area contributed by atoms with Gasteiger partial charge >= 0.3 is 0 Å². The van der Waals surface area contributed by atoms with Crippen molar-refractivity contribution in [1.82, 2.24) is 4.98 Å². The smallest absolute Gasteiger partial charge is 0.184 e. The van der Waals surface area contributed by atoms with Gasteiger partial charge in [0, 0.05) is 13.7 Å². The molecule has 1 N–H and O–H groups in total. The number of thiazole rings is 1. The number of hydrogen-bond donors (Lipinski definition) is 1. The summed E-state index contributed by atoms with van der Waals surface area (Å²) in [5, 5.41) is 3.90. The second kappa shape index (κ2) is 4.54. The topological polar surface area (TPSA) is 34.1 Å². The molecule has 0 aliphatic rings. The van der Waals surface area contributed by atoms with Gasteiger partial charge in [-0.25, -0.2) is 4.98 Å². The molecule has 5 heteroatoms. The molecule has 1 aromatic heterocycles. The summed E-state index contributed by atoms with van der Waals surface area (Å²) in [5.74, 6) is 0. The number of hydrogen-bond acceptors (Lipinski definition) is 4. The molecule has 0 spiro atoms. The van der Waals surface area contributed by atoms with Crippen molar-refractivity contribution in [2.75, 3.05) is 25.6 Å². The Labute approximate surface area is 74.4 Å². The molecule has 0 saturated carbocycles. The Morgan fingerprint density at radius 3 is 3.18 bits per heavy atom. The first-order valence-corrected chi connectivity index (χ1v) is 4.36. The fourth-order valence-corrected chi connectivity index (χ4v) is 1.43. The minimum absolute atomic E-state index is 0.678. The van der Waals surface area contributed by atoms with Crippen LogP contribution in [0.25, 0.3) is 0 Å². The van der Waals surface area contributed by atoms with E-state index in [0.717, 1.165) is 11.7 Å². The van der Waals surface area contributed by atoms with Gasteiger partial charge in [-0.2, -0.15) is 0 Å². The van der Waals surface area contributed by atoms with Crippen LogP contribution in [0.3, 0.4) is 0 Å². The van der Waals surface area contributed by atoms with Crippen LogP contribution < -0.4 is 5.32 Å². The fraction of sp³-hybridized carbons (Fsp3) is 0.500. The normalized spacial score (nSPS) is 10.0. The van der Waals surface area contributed by atoms with Gasteiger partial charge in [0.25, 0.3) is 0 Å². The Morgan fingerprint density at radius 2 is 2.64 bits per heavy atom. The van der Waals surface area contributed by atoms with Gasteiger partial charge in [0.2, 0.25) is 0 Å².